The molecule has 2 heterocycles. The molecule has 2 aromatic rings. The molecule has 0 amide bonds. The number of aromatic nitrogens is 2. The van der Waals surface area contributed by atoms with Gasteiger partial charge in [-0.15, -0.1) is 0 Å². The van der Waals surface area contributed by atoms with Crippen molar-refractivity contribution in [3.05, 3.63) is 30.7 Å². The smallest absolute Gasteiger partial charge is 0.125 e. The second-order valence-electron chi connectivity index (χ2n) is 9.47. The third kappa shape index (κ3) is 6.71. The number of aliphatic imine (C=N–C) groups is 1. The minimum atomic E-state index is -0.321. The Morgan fingerprint density at radius 1 is 1.32 bits per heavy atom. The Balaban J connectivity index is 1.42. The maximum absolute atomic E-state index is 9.49. The third-order valence-corrected chi connectivity index (χ3v) is 6.46. The van der Waals surface area contributed by atoms with E-state index in [2.05, 4.69) is 20.6 Å². The highest BCUT2D eigenvalue weighted by molar-refractivity contribution is 5.97. The maximum atomic E-state index is 9.49. The molecule has 1 aliphatic heterocycles. The van der Waals surface area contributed by atoms with Crippen LogP contribution in [0.3, 0.4) is 0 Å². The second kappa shape index (κ2) is 11.7. The van der Waals surface area contributed by atoms with Gasteiger partial charge in [-0.25, -0.2) is 9.98 Å². The van der Waals surface area contributed by atoms with Gasteiger partial charge in [0.2, 0.25) is 0 Å². The van der Waals surface area contributed by atoms with Crippen LogP contribution < -0.4 is 21.1 Å². The quantitative estimate of drug-likeness (QED) is 0.328. The summed E-state index contributed by atoms with van der Waals surface area (Å²) >= 11 is 0. The molecule has 0 spiro atoms. The Hall–Kier alpha value is -2.62. The predicted octanol–water partition coefficient (Wildman–Crippen LogP) is 2.50. The van der Waals surface area contributed by atoms with Gasteiger partial charge < -0.3 is 35.5 Å². The zero-order valence-corrected chi connectivity index (χ0v) is 20.2. The number of nitrogens with one attached hydrogen (secondary N) is 2. The third-order valence-electron chi connectivity index (χ3n) is 6.46. The van der Waals surface area contributed by atoms with E-state index < -0.39 is 0 Å². The molecule has 1 aliphatic carbocycles. The van der Waals surface area contributed by atoms with Gasteiger partial charge in [-0.05, 0) is 51.5 Å². The molecule has 186 valence electrons. The number of hydrogen-bond acceptors (Lipinski definition) is 7. The van der Waals surface area contributed by atoms with E-state index in [1.165, 1.54) is 0 Å². The second-order valence-corrected chi connectivity index (χ2v) is 9.47. The SMILES string of the molecule is C[C@H](O)CNC1CCC(Oc2cc(N=C(N)/C=C\N[C@@H]3CCCOC3)c3ncn(C)c3c2)CC1. The molecule has 1 saturated carbocycles. The van der Waals surface area contributed by atoms with E-state index in [0.717, 1.165) is 61.9 Å². The average molecular weight is 471 g/mol. The molecule has 1 aromatic carbocycles. The van der Waals surface area contributed by atoms with Crippen LogP contribution in [0.5, 0.6) is 5.75 Å². The molecule has 0 radical (unpaired) electrons. The summed E-state index contributed by atoms with van der Waals surface area (Å²) in [4.78, 5) is 9.15. The molecule has 1 aromatic heterocycles. The number of aryl methyl sites for hydroxylation is 1. The van der Waals surface area contributed by atoms with E-state index in [1.807, 2.05) is 29.9 Å². The number of aliphatic hydroxyl groups is 1. The van der Waals surface area contributed by atoms with Gasteiger partial charge in [0, 0.05) is 50.6 Å². The lowest BCUT2D eigenvalue weighted by Crippen LogP contribution is -2.39. The van der Waals surface area contributed by atoms with Crippen molar-refractivity contribution in [1.29, 1.82) is 0 Å². The molecule has 2 aliphatic rings. The van der Waals surface area contributed by atoms with Crippen LogP contribution >= 0.6 is 0 Å². The average Bonchev–Trinajstić information content (AvgIpc) is 3.20. The predicted molar refractivity (Wildman–Crippen MR) is 134 cm³/mol. The van der Waals surface area contributed by atoms with Gasteiger partial charge in [0.15, 0.2) is 0 Å². The number of rotatable bonds is 9. The van der Waals surface area contributed by atoms with E-state index in [1.54, 1.807) is 19.3 Å². The Bertz CT molecular complexity index is 988. The number of aliphatic hydroxyl groups excluding tert-OH is 1. The van der Waals surface area contributed by atoms with Gasteiger partial charge in [0.1, 0.15) is 17.1 Å². The molecule has 9 nitrogen and oxygen atoms in total. The lowest BCUT2D eigenvalue weighted by atomic mass is 9.93. The first-order valence-corrected chi connectivity index (χ1v) is 12.4. The summed E-state index contributed by atoms with van der Waals surface area (Å²) in [6.45, 7) is 3.99. The minimum Gasteiger partial charge on any atom is -0.490 e. The fourth-order valence-electron chi connectivity index (χ4n) is 4.57. The highest BCUT2D eigenvalue weighted by Crippen LogP contribution is 2.32. The number of hydrogen-bond donors (Lipinski definition) is 4. The summed E-state index contributed by atoms with van der Waals surface area (Å²) in [6.07, 6.45) is 11.4. The van der Waals surface area contributed by atoms with Gasteiger partial charge in [0.25, 0.3) is 0 Å². The van der Waals surface area contributed by atoms with Crippen molar-refractivity contribution in [3.63, 3.8) is 0 Å². The first-order chi connectivity index (χ1) is 16.5. The molecule has 4 rings (SSSR count). The number of ether oxygens (including phenoxy) is 2. The van der Waals surface area contributed by atoms with Gasteiger partial charge >= 0.3 is 0 Å². The first kappa shape index (κ1) is 24.5. The van der Waals surface area contributed by atoms with E-state index in [0.29, 0.717) is 36.8 Å². The topological polar surface area (TPSA) is 119 Å². The van der Waals surface area contributed by atoms with E-state index in [9.17, 15) is 5.11 Å². The molecule has 2 fully saturated rings. The molecule has 0 unspecified atom stereocenters. The zero-order chi connectivity index (χ0) is 23.9. The van der Waals surface area contributed by atoms with Crippen LogP contribution in [0.2, 0.25) is 0 Å². The summed E-state index contributed by atoms with van der Waals surface area (Å²) in [5.41, 5.74) is 8.66. The highest BCUT2D eigenvalue weighted by Gasteiger charge is 2.23. The number of benzene rings is 1. The van der Waals surface area contributed by atoms with Crippen LogP contribution in [0.4, 0.5) is 5.69 Å². The molecule has 2 atom stereocenters. The normalized spacial score (nSPS) is 25.0. The summed E-state index contributed by atoms with van der Waals surface area (Å²) in [7, 11) is 1.96. The van der Waals surface area contributed by atoms with Crippen LogP contribution in [0, 0.1) is 0 Å². The zero-order valence-electron chi connectivity index (χ0n) is 20.2. The van der Waals surface area contributed by atoms with E-state index in [4.69, 9.17) is 15.2 Å². The molecule has 34 heavy (non-hydrogen) atoms. The van der Waals surface area contributed by atoms with Crippen molar-refractivity contribution in [2.45, 2.75) is 69.7 Å². The molecule has 1 saturated heterocycles. The minimum absolute atomic E-state index is 0.159. The number of nitrogens with two attached hydrogens (primary N) is 1. The van der Waals surface area contributed by atoms with Crippen LogP contribution in [-0.2, 0) is 11.8 Å². The van der Waals surface area contributed by atoms with Crippen LogP contribution in [0.1, 0.15) is 45.4 Å². The Kier molecular flexibility index (Phi) is 8.42. The fraction of sp³-hybridized carbons (Fsp3) is 0.600. The van der Waals surface area contributed by atoms with Crippen LogP contribution in [0.25, 0.3) is 11.0 Å². The first-order valence-electron chi connectivity index (χ1n) is 12.4. The summed E-state index contributed by atoms with van der Waals surface area (Å²) in [5, 5.41) is 16.3. The van der Waals surface area contributed by atoms with Crippen molar-refractivity contribution >= 4 is 22.6 Å². The van der Waals surface area contributed by atoms with Crippen molar-refractivity contribution in [1.82, 2.24) is 20.2 Å². The summed E-state index contributed by atoms with van der Waals surface area (Å²) in [5.74, 6) is 1.18. The van der Waals surface area contributed by atoms with Crippen molar-refractivity contribution in [3.8, 4) is 5.75 Å². The Morgan fingerprint density at radius 3 is 2.88 bits per heavy atom. The van der Waals surface area contributed by atoms with E-state index >= 15 is 0 Å². The Labute approximate surface area is 201 Å². The van der Waals surface area contributed by atoms with Crippen LogP contribution in [0.15, 0.2) is 35.7 Å². The van der Waals surface area contributed by atoms with Gasteiger partial charge in [-0.3, -0.25) is 0 Å². The van der Waals surface area contributed by atoms with Gasteiger partial charge in [0.05, 0.1) is 36.3 Å². The van der Waals surface area contributed by atoms with Crippen molar-refractivity contribution < 1.29 is 14.6 Å². The Morgan fingerprint density at radius 2 is 2.15 bits per heavy atom. The number of amidine groups is 1. The largest absolute Gasteiger partial charge is 0.490 e. The van der Waals surface area contributed by atoms with Crippen LogP contribution in [-0.4, -0.2) is 64.5 Å². The molecule has 5 N–H and O–H groups in total. The van der Waals surface area contributed by atoms with Gasteiger partial charge in [-0.2, -0.15) is 0 Å². The summed E-state index contributed by atoms with van der Waals surface area (Å²) < 4.78 is 13.8. The lowest BCUT2D eigenvalue weighted by Gasteiger charge is -2.30. The fourth-order valence-corrected chi connectivity index (χ4v) is 4.57. The maximum Gasteiger partial charge on any atom is 0.125 e. The van der Waals surface area contributed by atoms with E-state index in [-0.39, 0.29) is 12.2 Å². The van der Waals surface area contributed by atoms with Gasteiger partial charge in [-0.1, -0.05) is 0 Å². The highest BCUT2D eigenvalue weighted by atomic mass is 16.5. The number of imidazole rings is 1. The monoisotopic (exact) mass is 470 g/mol. The standard InChI is InChI=1S/C25H38N6O3/c1-17(32)14-28-18-5-7-20(8-6-18)34-21-12-22(25-23(13-21)31(2)16-29-25)30-24(26)9-10-27-19-4-3-11-33-15-19/h9-10,12-13,16-20,27-28,32H,3-8,11,14-15H2,1-2H3,(H2,26,30)/b10-9-/t17-,18?,19+,20?/m0/s1. The molecule has 9 heteroatoms. The molecule has 0 bridgehead atoms. The number of nitrogens with zero attached hydrogens (tertiary/aromatic N) is 3. The molecular formula is C25H38N6O3. The summed E-state index contributed by atoms with van der Waals surface area (Å²) in [6, 6.07) is 4.70. The van der Waals surface area contributed by atoms with Crippen molar-refractivity contribution in [2.24, 2.45) is 17.8 Å². The lowest BCUT2D eigenvalue weighted by molar-refractivity contribution is 0.0747. The molecular weight excluding hydrogens is 432 g/mol. The number of fused-ring (bicyclic) bond motifs is 1. The van der Waals surface area contributed by atoms with Crippen molar-refractivity contribution in [2.75, 3.05) is 19.8 Å².